The molecule has 3 aromatic rings. The van der Waals surface area contributed by atoms with Gasteiger partial charge in [0.15, 0.2) is 6.73 Å². The third-order valence-electron chi connectivity index (χ3n) is 7.62. The third-order valence-corrected chi connectivity index (χ3v) is 8.54. The van der Waals surface area contributed by atoms with Gasteiger partial charge in [-0.2, -0.15) is 4.98 Å². The summed E-state index contributed by atoms with van der Waals surface area (Å²) < 4.78 is 5.78. The molecule has 0 radical (unpaired) electrons. The van der Waals surface area contributed by atoms with Crippen molar-refractivity contribution in [1.82, 2.24) is 19.8 Å². The van der Waals surface area contributed by atoms with Crippen LogP contribution >= 0.6 is 34.8 Å². The number of aromatic nitrogens is 2. The summed E-state index contributed by atoms with van der Waals surface area (Å²) in [6.07, 6.45) is 4.12. The molecule has 0 unspecified atom stereocenters. The van der Waals surface area contributed by atoms with Gasteiger partial charge in [0, 0.05) is 57.2 Å². The van der Waals surface area contributed by atoms with E-state index in [-0.39, 0.29) is 24.1 Å². The lowest BCUT2D eigenvalue weighted by molar-refractivity contribution is 0.0932. The van der Waals surface area contributed by atoms with Gasteiger partial charge >= 0.3 is 0 Å². The number of benzene rings is 2. The SMILES string of the molecule is CN(CCN1CCN(c2ccc(Nc3ncc4c(n3)OCN(c3c(Cl)cccc3Cl)C4=O)cc2Cl)CC1)C1CC1. The Labute approximate surface area is 248 Å². The maximum Gasteiger partial charge on any atom is 0.268 e. The first-order valence-corrected chi connectivity index (χ1v) is 14.5. The highest BCUT2D eigenvalue weighted by atomic mass is 35.5. The van der Waals surface area contributed by atoms with Crippen LogP contribution in [0.2, 0.25) is 15.1 Å². The maximum absolute atomic E-state index is 13.1. The van der Waals surface area contributed by atoms with Crippen molar-refractivity contribution in [2.45, 2.75) is 18.9 Å². The van der Waals surface area contributed by atoms with Crippen molar-refractivity contribution in [2.24, 2.45) is 0 Å². The molecule has 12 heteroatoms. The van der Waals surface area contributed by atoms with E-state index in [2.05, 4.69) is 37.0 Å². The molecule has 9 nitrogen and oxygen atoms in total. The number of carbonyl (C=O) groups excluding carboxylic acids is 1. The molecule has 1 aromatic heterocycles. The van der Waals surface area contributed by atoms with Crippen molar-refractivity contribution >= 4 is 63.7 Å². The molecule has 1 N–H and O–H groups in total. The van der Waals surface area contributed by atoms with E-state index in [1.807, 2.05) is 18.2 Å². The molecule has 2 aromatic carbocycles. The number of amides is 1. The summed E-state index contributed by atoms with van der Waals surface area (Å²) in [4.78, 5) is 30.6. The van der Waals surface area contributed by atoms with Gasteiger partial charge in [-0.25, -0.2) is 4.98 Å². The molecule has 1 aliphatic carbocycles. The fourth-order valence-corrected chi connectivity index (χ4v) is 6.01. The number of para-hydroxylation sites is 1. The van der Waals surface area contributed by atoms with Crippen LogP contribution in [0.3, 0.4) is 0 Å². The Morgan fingerprint density at radius 3 is 2.50 bits per heavy atom. The number of hydrogen-bond donors (Lipinski definition) is 1. The minimum Gasteiger partial charge on any atom is -0.455 e. The number of carbonyl (C=O) groups is 1. The van der Waals surface area contributed by atoms with Gasteiger partial charge in [-0.15, -0.1) is 0 Å². The molecular formula is C28H30Cl3N7O2. The third kappa shape index (κ3) is 5.80. The molecule has 2 aliphatic heterocycles. The van der Waals surface area contributed by atoms with Crippen LogP contribution in [0.4, 0.5) is 23.0 Å². The van der Waals surface area contributed by atoms with Gasteiger partial charge in [-0.3, -0.25) is 14.6 Å². The van der Waals surface area contributed by atoms with Crippen molar-refractivity contribution in [1.29, 1.82) is 0 Å². The number of piperazine rings is 1. The highest BCUT2D eigenvalue weighted by Crippen LogP contribution is 2.37. The second kappa shape index (κ2) is 11.6. The fraction of sp³-hybridized carbons (Fsp3) is 0.393. The van der Waals surface area contributed by atoms with E-state index in [0.29, 0.717) is 26.7 Å². The normalized spacial score (nSPS) is 17.7. The van der Waals surface area contributed by atoms with Gasteiger partial charge in [0.05, 0.1) is 26.4 Å². The quantitative estimate of drug-likeness (QED) is 0.368. The van der Waals surface area contributed by atoms with E-state index in [1.165, 1.54) is 23.9 Å². The van der Waals surface area contributed by atoms with Crippen LogP contribution in [0.1, 0.15) is 23.2 Å². The summed E-state index contributed by atoms with van der Waals surface area (Å²) in [5.74, 6) is 0.139. The van der Waals surface area contributed by atoms with Gasteiger partial charge in [-0.1, -0.05) is 40.9 Å². The van der Waals surface area contributed by atoms with E-state index in [4.69, 9.17) is 39.5 Å². The number of likely N-dealkylation sites (N-methyl/N-ethyl adjacent to an activating group) is 1. The molecule has 210 valence electrons. The molecule has 1 saturated heterocycles. The predicted molar refractivity (Wildman–Crippen MR) is 160 cm³/mol. The average molecular weight is 603 g/mol. The Morgan fingerprint density at radius 1 is 1.05 bits per heavy atom. The van der Waals surface area contributed by atoms with E-state index in [9.17, 15) is 4.79 Å². The summed E-state index contributed by atoms with van der Waals surface area (Å²) in [7, 11) is 2.23. The zero-order valence-corrected chi connectivity index (χ0v) is 24.4. The van der Waals surface area contributed by atoms with Gasteiger partial charge < -0.3 is 19.9 Å². The second-order valence-electron chi connectivity index (χ2n) is 10.3. The molecule has 0 atom stereocenters. The molecule has 2 fully saturated rings. The topological polar surface area (TPSA) is 77.1 Å². The van der Waals surface area contributed by atoms with Crippen molar-refractivity contribution < 1.29 is 9.53 Å². The second-order valence-corrected chi connectivity index (χ2v) is 11.5. The monoisotopic (exact) mass is 601 g/mol. The van der Waals surface area contributed by atoms with Crippen LogP contribution in [0.25, 0.3) is 0 Å². The van der Waals surface area contributed by atoms with Gasteiger partial charge in [0.2, 0.25) is 11.8 Å². The highest BCUT2D eigenvalue weighted by Gasteiger charge is 2.31. The lowest BCUT2D eigenvalue weighted by Crippen LogP contribution is -2.48. The summed E-state index contributed by atoms with van der Waals surface area (Å²) in [5.41, 5.74) is 2.36. The summed E-state index contributed by atoms with van der Waals surface area (Å²) >= 11 is 19.3. The molecule has 3 heterocycles. The van der Waals surface area contributed by atoms with Crippen molar-refractivity contribution in [2.75, 3.05) is 68.2 Å². The lowest BCUT2D eigenvalue weighted by Gasteiger charge is -2.37. The average Bonchev–Trinajstić information content (AvgIpc) is 3.79. The molecule has 6 rings (SSSR count). The summed E-state index contributed by atoms with van der Waals surface area (Å²) in [5, 5.41) is 4.53. The van der Waals surface area contributed by atoms with Gasteiger partial charge in [0.1, 0.15) is 5.56 Å². The maximum atomic E-state index is 13.1. The smallest absolute Gasteiger partial charge is 0.268 e. The number of rotatable bonds is 8. The molecule has 0 bridgehead atoms. The van der Waals surface area contributed by atoms with Crippen LogP contribution in [-0.2, 0) is 0 Å². The number of nitrogens with one attached hydrogen (secondary N) is 1. The lowest BCUT2D eigenvalue weighted by atomic mass is 10.2. The van der Waals surface area contributed by atoms with Gasteiger partial charge in [-0.05, 0) is 50.2 Å². The minimum absolute atomic E-state index is 0.0727. The van der Waals surface area contributed by atoms with Crippen molar-refractivity contribution in [3.63, 3.8) is 0 Å². The highest BCUT2D eigenvalue weighted by molar-refractivity contribution is 6.40. The Bertz CT molecular complexity index is 1390. The number of hydrogen-bond acceptors (Lipinski definition) is 8. The van der Waals surface area contributed by atoms with E-state index >= 15 is 0 Å². The van der Waals surface area contributed by atoms with E-state index in [0.717, 1.165) is 56.7 Å². The Morgan fingerprint density at radius 2 is 1.80 bits per heavy atom. The summed E-state index contributed by atoms with van der Waals surface area (Å²) in [6, 6.07) is 11.7. The largest absolute Gasteiger partial charge is 0.455 e. The first-order chi connectivity index (χ1) is 19.4. The Kier molecular flexibility index (Phi) is 7.92. The van der Waals surface area contributed by atoms with Crippen molar-refractivity contribution in [3.05, 3.63) is 63.2 Å². The van der Waals surface area contributed by atoms with Gasteiger partial charge in [0.25, 0.3) is 5.91 Å². The standard InChI is InChI=1S/C28H30Cl3N7O2/c1-35(19-6-7-19)9-10-36-11-13-37(14-12-36)24-8-5-18(15-23(24)31)33-28-32-16-20-26(34-28)40-17-38(27(20)39)25-21(29)3-2-4-22(25)30/h2-5,8,15-16,19H,6-7,9-14,17H2,1H3,(H,32,33,34). The Balaban J connectivity index is 1.08. The van der Waals surface area contributed by atoms with Crippen LogP contribution in [0.5, 0.6) is 5.88 Å². The molecule has 1 amide bonds. The molecule has 40 heavy (non-hydrogen) atoms. The molecule has 0 spiro atoms. The number of ether oxygens (including phenoxy) is 1. The minimum atomic E-state index is -0.342. The molecular weight excluding hydrogens is 573 g/mol. The Hall–Kier alpha value is -2.82. The molecule has 3 aliphatic rings. The summed E-state index contributed by atoms with van der Waals surface area (Å²) in [6.45, 7) is 6.10. The van der Waals surface area contributed by atoms with Crippen LogP contribution in [0.15, 0.2) is 42.6 Å². The number of fused-ring (bicyclic) bond motifs is 1. The predicted octanol–water partition coefficient (Wildman–Crippen LogP) is 5.39. The van der Waals surface area contributed by atoms with E-state index in [1.54, 1.807) is 18.2 Å². The first-order valence-electron chi connectivity index (χ1n) is 13.4. The zero-order chi connectivity index (χ0) is 27.8. The fourth-order valence-electron chi connectivity index (χ4n) is 5.11. The van der Waals surface area contributed by atoms with Crippen LogP contribution in [-0.4, -0.2) is 84.8 Å². The zero-order valence-electron chi connectivity index (χ0n) is 22.1. The van der Waals surface area contributed by atoms with Crippen LogP contribution < -0.4 is 19.9 Å². The molecule has 1 saturated carbocycles. The first kappa shape index (κ1) is 27.4. The number of anilines is 4. The van der Waals surface area contributed by atoms with E-state index < -0.39 is 0 Å². The van der Waals surface area contributed by atoms with Crippen LogP contribution in [0, 0.1) is 0 Å². The number of halogens is 3. The number of nitrogens with zero attached hydrogens (tertiary/aromatic N) is 6. The van der Waals surface area contributed by atoms with Crippen molar-refractivity contribution in [3.8, 4) is 5.88 Å².